The van der Waals surface area contributed by atoms with Gasteiger partial charge in [0.25, 0.3) is 0 Å². The van der Waals surface area contributed by atoms with Gasteiger partial charge in [0.2, 0.25) is 0 Å². The van der Waals surface area contributed by atoms with Crippen LogP contribution in [0, 0.1) is 5.92 Å². The predicted octanol–water partition coefficient (Wildman–Crippen LogP) is 3.70. The third-order valence-corrected chi connectivity index (χ3v) is 3.71. The van der Waals surface area contributed by atoms with Crippen LogP contribution in [0.25, 0.3) is 0 Å². The van der Waals surface area contributed by atoms with Crippen molar-refractivity contribution in [1.82, 2.24) is 0 Å². The molecule has 0 aliphatic rings. The maximum Gasteiger partial charge on any atom is 0.119 e. The number of ether oxygens (including phenoxy) is 1. The first-order valence-corrected chi connectivity index (χ1v) is 7.02. The van der Waals surface area contributed by atoms with Crippen molar-refractivity contribution in [1.29, 1.82) is 0 Å². The predicted molar refractivity (Wildman–Crippen MR) is 81.9 cm³/mol. The van der Waals surface area contributed by atoms with E-state index >= 15 is 0 Å². The summed E-state index contributed by atoms with van der Waals surface area (Å²) >= 11 is 0. The van der Waals surface area contributed by atoms with Gasteiger partial charge in [-0.25, -0.2) is 0 Å². The summed E-state index contributed by atoms with van der Waals surface area (Å²) in [5.41, 5.74) is 0.361. The molecule has 0 aromatic heterocycles. The van der Waals surface area contributed by atoms with Crippen LogP contribution in [0.2, 0.25) is 0 Å². The summed E-state index contributed by atoms with van der Waals surface area (Å²) in [7, 11) is 0. The lowest BCUT2D eigenvalue weighted by Gasteiger charge is -2.30. The summed E-state index contributed by atoms with van der Waals surface area (Å²) in [6.07, 6.45) is 0.632. The number of hydrogen-bond donors (Lipinski definition) is 1. The zero-order valence-corrected chi connectivity index (χ0v) is 12.1. The van der Waals surface area contributed by atoms with Gasteiger partial charge in [-0.2, -0.15) is 0 Å². The minimum Gasteiger partial charge on any atom is -0.493 e. The third-order valence-electron chi connectivity index (χ3n) is 3.71. The van der Waals surface area contributed by atoms with Gasteiger partial charge in [-0.05, 0) is 24.6 Å². The summed E-state index contributed by atoms with van der Waals surface area (Å²) in [5.74, 6) is 0.887. The third kappa shape index (κ3) is 4.10. The molecule has 2 nitrogen and oxygen atoms in total. The number of aliphatic hydroxyl groups is 1. The molecule has 0 saturated heterocycles. The van der Waals surface area contributed by atoms with E-state index in [2.05, 4.69) is 0 Å². The van der Waals surface area contributed by atoms with Crippen molar-refractivity contribution in [3.63, 3.8) is 0 Å². The van der Waals surface area contributed by atoms with Gasteiger partial charge in [0, 0.05) is 12.3 Å². The SMILES string of the molecule is CC(COc1ccccc1)C(C)(O)Cc1ccccc1. The van der Waals surface area contributed by atoms with Crippen molar-refractivity contribution >= 4 is 0 Å². The Bertz CT molecular complexity index is 505. The molecule has 0 fully saturated rings. The average Bonchev–Trinajstić information content (AvgIpc) is 2.46. The van der Waals surface area contributed by atoms with Crippen molar-refractivity contribution in [3.05, 3.63) is 66.2 Å². The van der Waals surface area contributed by atoms with Crippen LogP contribution >= 0.6 is 0 Å². The molecule has 0 radical (unpaired) electrons. The highest BCUT2D eigenvalue weighted by molar-refractivity contribution is 5.21. The number of rotatable bonds is 6. The summed E-state index contributed by atoms with van der Waals surface area (Å²) in [6, 6.07) is 19.8. The summed E-state index contributed by atoms with van der Waals surface area (Å²) < 4.78 is 5.73. The Kier molecular flexibility index (Phi) is 4.80. The average molecular weight is 270 g/mol. The fraction of sp³-hybridized carbons (Fsp3) is 0.333. The van der Waals surface area contributed by atoms with Crippen LogP contribution in [0.1, 0.15) is 19.4 Å². The molecule has 2 aromatic carbocycles. The van der Waals surface area contributed by atoms with Gasteiger partial charge >= 0.3 is 0 Å². The Labute approximate surface area is 121 Å². The molecule has 2 atom stereocenters. The Morgan fingerprint density at radius 2 is 1.55 bits per heavy atom. The summed E-state index contributed by atoms with van der Waals surface area (Å²) in [4.78, 5) is 0. The van der Waals surface area contributed by atoms with Crippen LogP contribution in [-0.2, 0) is 6.42 Å². The fourth-order valence-corrected chi connectivity index (χ4v) is 2.10. The van der Waals surface area contributed by atoms with E-state index < -0.39 is 5.60 Å². The van der Waals surface area contributed by atoms with Crippen molar-refractivity contribution in [2.75, 3.05) is 6.61 Å². The Hall–Kier alpha value is -1.80. The topological polar surface area (TPSA) is 29.5 Å². The lowest BCUT2D eigenvalue weighted by molar-refractivity contribution is -0.0114. The van der Waals surface area contributed by atoms with E-state index in [0.29, 0.717) is 13.0 Å². The van der Waals surface area contributed by atoms with E-state index in [9.17, 15) is 5.11 Å². The van der Waals surface area contributed by atoms with Gasteiger partial charge in [-0.15, -0.1) is 0 Å². The van der Waals surface area contributed by atoms with Gasteiger partial charge in [0.1, 0.15) is 5.75 Å². The minimum atomic E-state index is -0.782. The minimum absolute atomic E-state index is 0.0444. The largest absolute Gasteiger partial charge is 0.493 e. The van der Waals surface area contributed by atoms with Crippen LogP contribution in [0.3, 0.4) is 0 Å². The normalized spacial score (nSPS) is 15.3. The second-order valence-electron chi connectivity index (χ2n) is 5.54. The quantitative estimate of drug-likeness (QED) is 0.867. The second-order valence-corrected chi connectivity index (χ2v) is 5.54. The van der Waals surface area contributed by atoms with Gasteiger partial charge in [0.05, 0.1) is 12.2 Å². The molecule has 0 aliphatic heterocycles. The molecule has 2 aromatic rings. The van der Waals surface area contributed by atoms with Crippen LogP contribution in [0.5, 0.6) is 5.75 Å². The Morgan fingerprint density at radius 1 is 1.00 bits per heavy atom. The smallest absolute Gasteiger partial charge is 0.119 e. The molecule has 0 spiro atoms. The molecule has 2 rings (SSSR count). The lowest BCUT2D eigenvalue weighted by atomic mass is 9.85. The van der Waals surface area contributed by atoms with Gasteiger partial charge < -0.3 is 9.84 Å². The zero-order chi connectivity index (χ0) is 14.4. The first-order valence-electron chi connectivity index (χ1n) is 7.02. The van der Waals surface area contributed by atoms with Crippen molar-refractivity contribution < 1.29 is 9.84 Å². The molecule has 20 heavy (non-hydrogen) atoms. The number of para-hydroxylation sites is 1. The van der Waals surface area contributed by atoms with Crippen molar-refractivity contribution in [2.45, 2.75) is 25.9 Å². The maximum absolute atomic E-state index is 10.6. The van der Waals surface area contributed by atoms with E-state index in [1.807, 2.05) is 74.5 Å². The van der Waals surface area contributed by atoms with E-state index in [4.69, 9.17) is 4.74 Å². The van der Waals surface area contributed by atoms with Gasteiger partial charge in [0.15, 0.2) is 0 Å². The van der Waals surface area contributed by atoms with Crippen molar-refractivity contribution in [2.24, 2.45) is 5.92 Å². The molecule has 2 unspecified atom stereocenters. The highest BCUT2D eigenvalue weighted by atomic mass is 16.5. The van der Waals surface area contributed by atoms with Gasteiger partial charge in [-0.1, -0.05) is 55.5 Å². The van der Waals surface area contributed by atoms with E-state index in [0.717, 1.165) is 11.3 Å². The standard InChI is InChI=1S/C18H22O2/c1-15(14-20-17-11-7-4-8-12-17)18(2,19)13-16-9-5-3-6-10-16/h3-12,15,19H,13-14H2,1-2H3. The van der Waals surface area contributed by atoms with E-state index in [1.165, 1.54) is 0 Å². The summed E-state index contributed by atoms with van der Waals surface area (Å²) in [6.45, 7) is 4.40. The molecule has 0 saturated carbocycles. The van der Waals surface area contributed by atoms with Crippen LogP contribution in [0.15, 0.2) is 60.7 Å². The summed E-state index contributed by atoms with van der Waals surface area (Å²) in [5, 5.41) is 10.6. The Balaban J connectivity index is 1.91. The maximum atomic E-state index is 10.6. The molecule has 0 heterocycles. The highest BCUT2D eigenvalue weighted by Crippen LogP contribution is 2.23. The first kappa shape index (κ1) is 14.6. The molecular formula is C18H22O2. The lowest BCUT2D eigenvalue weighted by Crippen LogP contribution is -2.38. The molecule has 2 heteroatoms. The molecule has 0 bridgehead atoms. The van der Waals surface area contributed by atoms with Crippen LogP contribution in [0.4, 0.5) is 0 Å². The van der Waals surface area contributed by atoms with E-state index in [-0.39, 0.29) is 5.92 Å². The number of benzene rings is 2. The monoisotopic (exact) mass is 270 g/mol. The second kappa shape index (κ2) is 6.58. The first-order chi connectivity index (χ1) is 9.58. The van der Waals surface area contributed by atoms with Gasteiger partial charge in [-0.3, -0.25) is 0 Å². The van der Waals surface area contributed by atoms with E-state index in [1.54, 1.807) is 0 Å². The molecule has 0 amide bonds. The van der Waals surface area contributed by atoms with Crippen LogP contribution < -0.4 is 4.74 Å². The molecule has 106 valence electrons. The molecular weight excluding hydrogens is 248 g/mol. The fourth-order valence-electron chi connectivity index (χ4n) is 2.10. The van der Waals surface area contributed by atoms with Crippen molar-refractivity contribution in [3.8, 4) is 5.75 Å². The highest BCUT2D eigenvalue weighted by Gasteiger charge is 2.29. The Morgan fingerprint density at radius 3 is 2.15 bits per heavy atom. The zero-order valence-electron chi connectivity index (χ0n) is 12.1. The molecule has 0 aliphatic carbocycles. The molecule has 1 N–H and O–H groups in total. The number of hydrogen-bond acceptors (Lipinski definition) is 2. The van der Waals surface area contributed by atoms with Crippen LogP contribution in [-0.4, -0.2) is 17.3 Å².